The zero-order valence-corrected chi connectivity index (χ0v) is 14.6. The van der Waals surface area contributed by atoms with Gasteiger partial charge in [-0.25, -0.2) is 4.98 Å². The summed E-state index contributed by atoms with van der Waals surface area (Å²) in [5, 5.41) is 7.37. The molecule has 0 amide bonds. The molecule has 0 radical (unpaired) electrons. The van der Waals surface area contributed by atoms with Crippen LogP contribution in [0.15, 0.2) is 24.4 Å². The number of likely N-dealkylation sites (N-methyl/N-ethyl adjacent to an activating group) is 1. The SMILES string of the molecule is CN(C)CCNc1ncc(N)c(NCc2cccc(Cl)c2Cl)n1. The van der Waals surface area contributed by atoms with Crippen molar-refractivity contribution in [1.82, 2.24) is 14.9 Å². The Morgan fingerprint density at radius 2 is 2.00 bits per heavy atom. The maximum absolute atomic E-state index is 6.18. The van der Waals surface area contributed by atoms with Crippen LogP contribution in [0.3, 0.4) is 0 Å². The van der Waals surface area contributed by atoms with Crippen LogP contribution in [0.1, 0.15) is 5.56 Å². The van der Waals surface area contributed by atoms with Crippen molar-refractivity contribution in [2.24, 2.45) is 0 Å². The van der Waals surface area contributed by atoms with Gasteiger partial charge >= 0.3 is 0 Å². The molecule has 0 spiro atoms. The first-order valence-corrected chi connectivity index (χ1v) is 7.91. The summed E-state index contributed by atoms with van der Waals surface area (Å²) in [5.41, 5.74) is 7.26. The van der Waals surface area contributed by atoms with Crippen molar-refractivity contribution in [3.05, 3.63) is 40.0 Å². The Morgan fingerprint density at radius 1 is 1.22 bits per heavy atom. The molecule has 0 saturated carbocycles. The molecule has 0 unspecified atom stereocenters. The second kappa shape index (κ2) is 8.19. The average Bonchev–Trinajstić information content (AvgIpc) is 2.51. The highest BCUT2D eigenvalue weighted by Gasteiger charge is 2.07. The molecule has 0 atom stereocenters. The summed E-state index contributed by atoms with van der Waals surface area (Å²) in [6.07, 6.45) is 1.58. The van der Waals surface area contributed by atoms with Gasteiger partial charge in [0.05, 0.1) is 21.9 Å². The first-order chi connectivity index (χ1) is 11.0. The number of aromatic nitrogens is 2. The summed E-state index contributed by atoms with van der Waals surface area (Å²) < 4.78 is 0. The summed E-state index contributed by atoms with van der Waals surface area (Å²) in [7, 11) is 4.01. The molecule has 0 fully saturated rings. The van der Waals surface area contributed by atoms with Crippen molar-refractivity contribution < 1.29 is 0 Å². The Kier molecular flexibility index (Phi) is 6.27. The highest BCUT2D eigenvalue weighted by molar-refractivity contribution is 6.42. The van der Waals surface area contributed by atoms with E-state index in [2.05, 4.69) is 25.5 Å². The number of benzene rings is 1. The lowest BCUT2D eigenvalue weighted by molar-refractivity contribution is 0.425. The molecule has 4 N–H and O–H groups in total. The molecule has 8 heteroatoms. The minimum absolute atomic E-state index is 0.470. The number of anilines is 3. The highest BCUT2D eigenvalue weighted by atomic mass is 35.5. The molecular formula is C15H20Cl2N6. The van der Waals surface area contributed by atoms with Crippen molar-refractivity contribution in [3.8, 4) is 0 Å². The van der Waals surface area contributed by atoms with Crippen LogP contribution in [0, 0.1) is 0 Å². The van der Waals surface area contributed by atoms with Crippen LogP contribution < -0.4 is 16.4 Å². The van der Waals surface area contributed by atoms with Crippen LogP contribution in [0.25, 0.3) is 0 Å². The van der Waals surface area contributed by atoms with Gasteiger partial charge in [0.25, 0.3) is 0 Å². The number of nitrogen functional groups attached to an aromatic ring is 1. The van der Waals surface area contributed by atoms with Crippen LogP contribution in [0.4, 0.5) is 17.5 Å². The molecule has 0 saturated heterocycles. The second-order valence-electron chi connectivity index (χ2n) is 5.29. The third-order valence-electron chi connectivity index (χ3n) is 3.14. The highest BCUT2D eigenvalue weighted by Crippen LogP contribution is 2.26. The zero-order valence-electron chi connectivity index (χ0n) is 13.1. The number of nitrogens with two attached hydrogens (primary N) is 1. The van der Waals surface area contributed by atoms with Gasteiger partial charge in [0.2, 0.25) is 5.95 Å². The van der Waals surface area contributed by atoms with Crippen LogP contribution in [-0.4, -0.2) is 42.1 Å². The largest absolute Gasteiger partial charge is 0.394 e. The maximum Gasteiger partial charge on any atom is 0.224 e. The van der Waals surface area contributed by atoms with Crippen molar-refractivity contribution in [2.45, 2.75) is 6.54 Å². The Labute approximate surface area is 146 Å². The monoisotopic (exact) mass is 354 g/mol. The second-order valence-corrected chi connectivity index (χ2v) is 6.08. The molecule has 1 aromatic carbocycles. The fourth-order valence-electron chi connectivity index (χ4n) is 1.87. The Morgan fingerprint density at radius 3 is 2.74 bits per heavy atom. The number of hydrogen-bond donors (Lipinski definition) is 3. The minimum atomic E-state index is 0.470. The third-order valence-corrected chi connectivity index (χ3v) is 4.00. The molecule has 23 heavy (non-hydrogen) atoms. The van der Waals surface area contributed by atoms with Gasteiger partial charge in [0, 0.05) is 19.6 Å². The van der Waals surface area contributed by atoms with E-state index in [1.165, 1.54) is 0 Å². The van der Waals surface area contributed by atoms with E-state index in [0.29, 0.717) is 34.0 Å². The van der Waals surface area contributed by atoms with E-state index in [-0.39, 0.29) is 0 Å². The molecule has 0 aliphatic heterocycles. The standard InChI is InChI=1S/C15H20Cl2N6/c1-23(2)7-6-19-15-21-9-12(18)14(22-15)20-8-10-4-3-5-11(16)13(10)17/h3-5,9H,6-8,18H2,1-2H3,(H2,19,20,21,22). The van der Waals surface area contributed by atoms with E-state index in [1.807, 2.05) is 26.2 Å². The molecule has 2 rings (SSSR count). The summed E-state index contributed by atoms with van der Waals surface area (Å²) in [4.78, 5) is 10.6. The third kappa shape index (κ3) is 5.13. The van der Waals surface area contributed by atoms with Crippen LogP contribution in [-0.2, 0) is 6.54 Å². The van der Waals surface area contributed by atoms with Crippen molar-refractivity contribution in [1.29, 1.82) is 0 Å². The summed E-state index contributed by atoms with van der Waals surface area (Å²) >= 11 is 12.2. The van der Waals surface area contributed by atoms with E-state index < -0.39 is 0 Å². The molecule has 1 aromatic heterocycles. The predicted molar refractivity (Wildman–Crippen MR) is 97.3 cm³/mol. The topological polar surface area (TPSA) is 79.1 Å². The van der Waals surface area contributed by atoms with Crippen molar-refractivity contribution in [3.63, 3.8) is 0 Å². The lowest BCUT2D eigenvalue weighted by Crippen LogP contribution is -2.21. The van der Waals surface area contributed by atoms with E-state index in [9.17, 15) is 0 Å². The molecule has 0 bridgehead atoms. The van der Waals surface area contributed by atoms with Crippen LogP contribution >= 0.6 is 23.2 Å². The van der Waals surface area contributed by atoms with Gasteiger partial charge in [-0.2, -0.15) is 4.98 Å². The van der Waals surface area contributed by atoms with Crippen LogP contribution in [0.2, 0.25) is 10.0 Å². The van der Waals surface area contributed by atoms with Gasteiger partial charge in [-0.1, -0.05) is 35.3 Å². The Balaban J connectivity index is 2.02. The molecule has 0 aliphatic rings. The smallest absolute Gasteiger partial charge is 0.224 e. The van der Waals surface area contributed by atoms with Gasteiger partial charge in [-0.05, 0) is 25.7 Å². The van der Waals surface area contributed by atoms with Gasteiger partial charge < -0.3 is 21.3 Å². The van der Waals surface area contributed by atoms with E-state index >= 15 is 0 Å². The van der Waals surface area contributed by atoms with Crippen molar-refractivity contribution >= 4 is 40.7 Å². The molecular weight excluding hydrogens is 335 g/mol. The van der Waals surface area contributed by atoms with Gasteiger partial charge in [-0.15, -0.1) is 0 Å². The summed E-state index contributed by atoms with van der Waals surface area (Å²) in [6.45, 7) is 2.10. The lowest BCUT2D eigenvalue weighted by Gasteiger charge is -2.13. The fourth-order valence-corrected chi connectivity index (χ4v) is 2.26. The zero-order chi connectivity index (χ0) is 16.8. The van der Waals surface area contributed by atoms with Gasteiger partial charge in [-0.3, -0.25) is 0 Å². The molecule has 0 aliphatic carbocycles. The van der Waals surface area contributed by atoms with E-state index in [1.54, 1.807) is 12.3 Å². The Hall–Kier alpha value is -1.76. The summed E-state index contributed by atoms with van der Waals surface area (Å²) in [6, 6.07) is 5.50. The fraction of sp³-hybridized carbons (Fsp3) is 0.333. The molecule has 1 heterocycles. The number of nitrogens with one attached hydrogen (secondary N) is 2. The van der Waals surface area contributed by atoms with Crippen LogP contribution in [0.5, 0.6) is 0 Å². The Bertz CT molecular complexity index is 662. The predicted octanol–water partition coefficient (Wildman–Crippen LogP) is 2.95. The summed E-state index contributed by atoms with van der Waals surface area (Å²) in [5.74, 6) is 1.09. The van der Waals surface area contributed by atoms with Gasteiger partial charge in [0.15, 0.2) is 5.82 Å². The normalized spacial score (nSPS) is 10.8. The van der Waals surface area contributed by atoms with Gasteiger partial charge in [0.1, 0.15) is 0 Å². The number of hydrogen-bond acceptors (Lipinski definition) is 6. The first kappa shape index (κ1) is 17.6. The number of rotatable bonds is 7. The van der Waals surface area contributed by atoms with Crippen molar-refractivity contribution in [2.75, 3.05) is 43.6 Å². The molecule has 6 nitrogen and oxygen atoms in total. The minimum Gasteiger partial charge on any atom is -0.394 e. The lowest BCUT2D eigenvalue weighted by atomic mass is 10.2. The average molecular weight is 355 g/mol. The number of halogens is 2. The first-order valence-electron chi connectivity index (χ1n) is 7.15. The van der Waals surface area contributed by atoms with E-state index in [0.717, 1.165) is 18.7 Å². The van der Waals surface area contributed by atoms with E-state index in [4.69, 9.17) is 28.9 Å². The molecule has 2 aromatic rings. The maximum atomic E-state index is 6.18. The molecule has 124 valence electrons. The quantitative estimate of drug-likeness (QED) is 0.709. The number of nitrogens with zero attached hydrogens (tertiary/aromatic N) is 3.